The maximum absolute atomic E-state index is 9.11. The molecule has 0 aliphatic heterocycles. The molecule has 1 saturated carbocycles. The number of rotatable bonds is 4. The molecule has 2 nitrogen and oxygen atoms in total. The summed E-state index contributed by atoms with van der Waals surface area (Å²) in [7, 11) is 0. The van der Waals surface area contributed by atoms with Gasteiger partial charge in [-0.1, -0.05) is 36.4 Å². The fourth-order valence-electron chi connectivity index (χ4n) is 2.62. The molecule has 0 radical (unpaired) electrons. The Morgan fingerprint density at radius 3 is 1.74 bits per heavy atom. The van der Waals surface area contributed by atoms with Crippen LogP contribution in [0, 0.1) is 11.3 Å². The van der Waals surface area contributed by atoms with Crippen molar-refractivity contribution in [1.82, 2.24) is 0 Å². The third-order valence-corrected chi connectivity index (χ3v) is 3.74. The van der Waals surface area contributed by atoms with Crippen LogP contribution in [0.3, 0.4) is 0 Å². The molecule has 0 heterocycles. The Morgan fingerprint density at radius 1 is 0.895 bits per heavy atom. The van der Waals surface area contributed by atoms with Gasteiger partial charge < -0.3 is 4.90 Å². The Labute approximate surface area is 113 Å². The van der Waals surface area contributed by atoms with Gasteiger partial charge in [0.05, 0.1) is 18.0 Å². The van der Waals surface area contributed by atoms with Crippen LogP contribution < -0.4 is 4.90 Å². The Balaban J connectivity index is 2.05. The lowest BCUT2D eigenvalue weighted by molar-refractivity contribution is 0.667. The Kier molecular flexibility index (Phi) is 2.97. The first-order chi connectivity index (χ1) is 9.36. The van der Waals surface area contributed by atoms with E-state index < -0.39 is 0 Å². The molecule has 0 atom stereocenters. The average Bonchev–Trinajstić information content (AvgIpc) is 3.22. The number of benzene rings is 2. The third-order valence-electron chi connectivity index (χ3n) is 3.74. The summed E-state index contributed by atoms with van der Waals surface area (Å²) in [5.74, 6) is 0. The Bertz CT molecular complexity index is 540. The molecular formula is C17H16N2. The second-order valence-corrected chi connectivity index (χ2v) is 5.07. The smallest absolute Gasteiger partial charge is 0.0646 e. The van der Waals surface area contributed by atoms with Gasteiger partial charge in [-0.05, 0) is 37.1 Å². The van der Waals surface area contributed by atoms with E-state index in [0.29, 0.717) is 6.42 Å². The molecule has 1 fully saturated rings. The molecule has 0 bridgehead atoms. The predicted molar refractivity (Wildman–Crippen MR) is 77.2 cm³/mol. The molecule has 1 aliphatic carbocycles. The first kappa shape index (κ1) is 11.8. The van der Waals surface area contributed by atoms with E-state index in [1.807, 2.05) is 36.4 Å². The normalized spacial score (nSPS) is 15.5. The van der Waals surface area contributed by atoms with E-state index in [0.717, 1.165) is 12.8 Å². The average molecular weight is 248 g/mol. The fourth-order valence-corrected chi connectivity index (χ4v) is 2.62. The van der Waals surface area contributed by atoms with E-state index in [2.05, 4.69) is 35.2 Å². The van der Waals surface area contributed by atoms with Crippen molar-refractivity contribution in [1.29, 1.82) is 5.26 Å². The summed E-state index contributed by atoms with van der Waals surface area (Å²) >= 11 is 0. The van der Waals surface area contributed by atoms with E-state index in [1.54, 1.807) is 0 Å². The van der Waals surface area contributed by atoms with Crippen LogP contribution in [-0.2, 0) is 0 Å². The van der Waals surface area contributed by atoms with E-state index in [4.69, 9.17) is 5.26 Å². The quantitative estimate of drug-likeness (QED) is 0.807. The first-order valence-electron chi connectivity index (χ1n) is 6.63. The van der Waals surface area contributed by atoms with E-state index >= 15 is 0 Å². The van der Waals surface area contributed by atoms with Crippen molar-refractivity contribution in [2.24, 2.45) is 0 Å². The van der Waals surface area contributed by atoms with Crippen molar-refractivity contribution in [3.05, 3.63) is 60.7 Å². The van der Waals surface area contributed by atoms with Crippen molar-refractivity contribution < 1.29 is 0 Å². The van der Waals surface area contributed by atoms with Gasteiger partial charge in [0, 0.05) is 11.4 Å². The summed E-state index contributed by atoms with van der Waals surface area (Å²) in [6, 6.07) is 23.1. The zero-order valence-electron chi connectivity index (χ0n) is 10.8. The molecule has 1 aliphatic rings. The van der Waals surface area contributed by atoms with Gasteiger partial charge in [-0.25, -0.2) is 0 Å². The Hall–Kier alpha value is -2.27. The van der Waals surface area contributed by atoms with Gasteiger partial charge in [-0.2, -0.15) is 5.26 Å². The summed E-state index contributed by atoms with van der Waals surface area (Å²) in [6.45, 7) is 0. The molecule has 3 rings (SSSR count). The minimum atomic E-state index is -0.00252. The first-order valence-corrected chi connectivity index (χ1v) is 6.63. The van der Waals surface area contributed by atoms with E-state index in [-0.39, 0.29) is 5.54 Å². The summed E-state index contributed by atoms with van der Waals surface area (Å²) in [5.41, 5.74) is 2.33. The molecule has 2 heteroatoms. The molecule has 0 N–H and O–H groups in total. The number of nitriles is 1. The molecular weight excluding hydrogens is 232 g/mol. The monoisotopic (exact) mass is 248 g/mol. The van der Waals surface area contributed by atoms with Crippen LogP contribution in [0.2, 0.25) is 0 Å². The molecule has 2 aromatic rings. The van der Waals surface area contributed by atoms with E-state index in [9.17, 15) is 0 Å². The van der Waals surface area contributed by atoms with Gasteiger partial charge in [-0.3, -0.25) is 0 Å². The SMILES string of the molecule is N#CCC1(N(c2ccccc2)c2ccccc2)CC1. The molecule has 0 amide bonds. The molecule has 0 unspecified atom stereocenters. The molecule has 94 valence electrons. The summed E-state index contributed by atoms with van der Waals surface area (Å²) < 4.78 is 0. The number of hydrogen-bond acceptors (Lipinski definition) is 2. The van der Waals surface area contributed by atoms with Crippen LogP contribution in [0.5, 0.6) is 0 Å². The van der Waals surface area contributed by atoms with E-state index in [1.165, 1.54) is 11.4 Å². The number of hydrogen-bond donors (Lipinski definition) is 0. The summed E-state index contributed by atoms with van der Waals surface area (Å²) in [5, 5.41) is 9.11. The molecule has 2 aromatic carbocycles. The van der Waals surface area contributed by atoms with Crippen molar-refractivity contribution in [2.45, 2.75) is 24.8 Å². The number of anilines is 2. The van der Waals surface area contributed by atoms with Crippen molar-refractivity contribution in [2.75, 3.05) is 4.90 Å². The summed E-state index contributed by atoms with van der Waals surface area (Å²) in [6.07, 6.45) is 2.76. The number of para-hydroxylation sites is 2. The van der Waals surface area contributed by atoms with Crippen LogP contribution >= 0.6 is 0 Å². The zero-order chi connectivity index (χ0) is 13.1. The van der Waals surface area contributed by atoms with Gasteiger partial charge in [0.1, 0.15) is 0 Å². The van der Waals surface area contributed by atoms with Crippen LogP contribution in [0.25, 0.3) is 0 Å². The second-order valence-electron chi connectivity index (χ2n) is 5.07. The van der Waals surface area contributed by atoms with Gasteiger partial charge in [0.2, 0.25) is 0 Å². The largest absolute Gasteiger partial charge is 0.334 e. The van der Waals surface area contributed by atoms with Gasteiger partial charge in [-0.15, -0.1) is 0 Å². The molecule has 0 aromatic heterocycles. The second kappa shape index (κ2) is 4.78. The maximum atomic E-state index is 9.11. The highest BCUT2D eigenvalue weighted by Crippen LogP contribution is 2.50. The van der Waals surface area contributed by atoms with Crippen LogP contribution in [-0.4, -0.2) is 5.54 Å². The van der Waals surface area contributed by atoms with Gasteiger partial charge >= 0.3 is 0 Å². The molecule has 0 spiro atoms. The van der Waals surface area contributed by atoms with Crippen LogP contribution in [0.1, 0.15) is 19.3 Å². The maximum Gasteiger partial charge on any atom is 0.0646 e. The van der Waals surface area contributed by atoms with Gasteiger partial charge in [0.25, 0.3) is 0 Å². The Morgan fingerprint density at radius 2 is 1.37 bits per heavy atom. The van der Waals surface area contributed by atoms with Gasteiger partial charge in [0.15, 0.2) is 0 Å². The topological polar surface area (TPSA) is 27.0 Å². The highest BCUT2D eigenvalue weighted by molar-refractivity contribution is 5.67. The molecule has 0 saturated heterocycles. The van der Waals surface area contributed by atoms with Crippen molar-refractivity contribution in [3.63, 3.8) is 0 Å². The van der Waals surface area contributed by atoms with Crippen molar-refractivity contribution >= 4 is 11.4 Å². The lowest BCUT2D eigenvalue weighted by Crippen LogP contribution is -2.32. The lowest BCUT2D eigenvalue weighted by atomic mass is 10.1. The summed E-state index contributed by atoms with van der Waals surface area (Å²) in [4.78, 5) is 2.33. The van der Waals surface area contributed by atoms with Crippen LogP contribution in [0.15, 0.2) is 60.7 Å². The minimum Gasteiger partial charge on any atom is -0.334 e. The van der Waals surface area contributed by atoms with Crippen molar-refractivity contribution in [3.8, 4) is 6.07 Å². The third kappa shape index (κ3) is 2.20. The van der Waals surface area contributed by atoms with Crippen LogP contribution in [0.4, 0.5) is 11.4 Å². The predicted octanol–water partition coefficient (Wildman–Crippen LogP) is 4.27. The molecule has 19 heavy (non-hydrogen) atoms. The minimum absolute atomic E-state index is 0.00252. The zero-order valence-corrected chi connectivity index (χ0v) is 10.8. The standard InChI is InChI=1S/C17H16N2/c18-14-13-17(11-12-17)19(15-7-3-1-4-8-15)16-9-5-2-6-10-16/h1-10H,11-13H2. The highest BCUT2D eigenvalue weighted by atomic mass is 15.2. The highest BCUT2D eigenvalue weighted by Gasteiger charge is 2.48. The lowest BCUT2D eigenvalue weighted by Gasteiger charge is -2.33. The number of nitrogens with zero attached hydrogens (tertiary/aromatic N) is 2. The fraction of sp³-hybridized carbons (Fsp3) is 0.235.